The van der Waals surface area contributed by atoms with Crippen LogP contribution in [0.1, 0.15) is 10.4 Å². The van der Waals surface area contributed by atoms with Gasteiger partial charge >= 0.3 is 0 Å². The quantitative estimate of drug-likeness (QED) is 0.801. The first-order chi connectivity index (χ1) is 8.90. The summed E-state index contributed by atoms with van der Waals surface area (Å²) in [5.41, 5.74) is 0.159. The van der Waals surface area contributed by atoms with Crippen LogP contribution >= 0.6 is 34.5 Å². The van der Waals surface area contributed by atoms with Gasteiger partial charge in [0.05, 0.1) is 5.02 Å². The van der Waals surface area contributed by atoms with Crippen molar-refractivity contribution in [3.05, 3.63) is 51.3 Å². The first kappa shape index (κ1) is 14.5. The van der Waals surface area contributed by atoms with Crippen molar-refractivity contribution in [1.29, 1.82) is 0 Å². The Labute approximate surface area is 124 Å². The van der Waals surface area contributed by atoms with Crippen molar-refractivity contribution < 1.29 is 13.2 Å². The third kappa shape index (κ3) is 3.36. The third-order valence-electron chi connectivity index (χ3n) is 2.35. The Morgan fingerprint density at radius 3 is 2.53 bits per heavy atom. The van der Waals surface area contributed by atoms with E-state index < -0.39 is 21.4 Å². The van der Waals surface area contributed by atoms with Crippen LogP contribution in [0.3, 0.4) is 0 Å². The van der Waals surface area contributed by atoms with Gasteiger partial charge in [0.15, 0.2) is 15.6 Å². The van der Waals surface area contributed by atoms with Gasteiger partial charge in [0.25, 0.3) is 0 Å². The summed E-state index contributed by atoms with van der Waals surface area (Å²) in [6, 6.07) is 7.43. The first-order valence-corrected chi connectivity index (χ1v) is 8.43. The highest BCUT2D eigenvalue weighted by atomic mass is 35.5. The summed E-state index contributed by atoms with van der Waals surface area (Å²) in [6.45, 7) is 0. The number of ketones is 1. The Balaban J connectivity index is 2.27. The van der Waals surface area contributed by atoms with Gasteiger partial charge in [0.2, 0.25) is 0 Å². The molecule has 2 rings (SSSR count). The molecule has 0 N–H and O–H groups in total. The molecule has 0 aliphatic rings. The molecule has 0 aliphatic carbocycles. The van der Waals surface area contributed by atoms with Crippen LogP contribution in [-0.4, -0.2) is 20.0 Å². The molecule has 100 valence electrons. The van der Waals surface area contributed by atoms with Gasteiger partial charge in [-0.15, -0.1) is 11.3 Å². The Bertz CT molecular complexity index is 707. The number of carbonyl (C=O) groups excluding carboxylic acids is 1. The number of hydrogen-bond donors (Lipinski definition) is 0. The molecule has 0 bridgehead atoms. The molecule has 0 aliphatic heterocycles. The maximum atomic E-state index is 12.0. The second kappa shape index (κ2) is 5.63. The van der Waals surface area contributed by atoms with Gasteiger partial charge in [0, 0.05) is 10.6 Å². The molecular weight excluding hydrogens is 327 g/mol. The van der Waals surface area contributed by atoms with E-state index in [0.717, 1.165) is 11.3 Å². The number of benzene rings is 1. The SMILES string of the molecule is O=C(CS(=O)(=O)c1cccs1)c1ccc(Cl)cc1Cl. The number of sulfone groups is 1. The maximum absolute atomic E-state index is 12.0. The third-order valence-corrected chi connectivity index (χ3v) is 6.01. The van der Waals surface area contributed by atoms with Crippen molar-refractivity contribution in [2.24, 2.45) is 0 Å². The first-order valence-electron chi connectivity index (χ1n) is 5.14. The lowest BCUT2D eigenvalue weighted by Gasteiger charge is -2.04. The molecule has 0 spiro atoms. The molecule has 0 fully saturated rings. The molecule has 1 aromatic heterocycles. The second-order valence-electron chi connectivity index (χ2n) is 3.74. The van der Waals surface area contributed by atoms with E-state index in [1.54, 1.807) is 11.4 Å². The number of thiophene rings is 1. The fourth-order valence-electron chi connectivity index (χ4n) is 1.48. The minimum atomic E-state index is -3.61. The summed E-state index contributed by atoms with van der Waals surface area (Å²) >= 11 is 12.7. The lowest BCUT2D eigenvalue weighted by molar-refractivity contribution is 0.102. The topological polar surface area (TPSA) is 51.2 Å². The molecule has 0 unspecified atom stereocenters. The van der Waals surface area contributed by atoms with Gasteiger partial charge < -0.3 is 0 Å². The molecular formula is C12H8Cl2O3S2. The standard InChI is InChI=1S/C12H8Cl2O3S2/c13-8-3-4-9(10(14)6-8)11(15)7-19(16,17)12-2-1-5-18-12/h1-6H,7H2. The summed E-state index contributed by atoms with van der Waals surface area (Å²) in [7, 11) is -3.61. The van der Waals surface area contributed by atoms with E-state index in [1.807, 2.05) is 0 Å². The van der Waals surface area contributed by atoms with Crippen molar-refractivity contribution >= 4 is 50.2 Å². The summed E-state index contributed by atoms with van der Waals surface area (Å²) in [5.74, 6) is -1.15. The van der Waals surface area contributed by atoms with Crippen LogP contribution in [0.25, 0.3) is 0 Å². The predicted molar refractivity (Wildman–Crippen MR) is 77.2 cm³/mol. The monoisotopic (exact) mass is 334 g/mol. The van der Waals surface area contributed by atoms with E-state index >= 15 is 0 Å². The number of carbonyl (C=O) groups is 1. The van der Waals surface area contributed by atoms with Gasteiger partial charge in [-0.25, -0.2) is 8.42 Å². The van der Waals surface area contributed by atoms with Crippen LogP contribution in [0, 0.1) is 0 Å². The molecule has 7 heteroatoms. The molecule has 0 saturated carbocycles. The second-order valence-corrected chi connectivity index (χ2v) is 7.75. The number of hydrogen-bond acceptors (Lipinski definition) is 4. The molecule has 0 saturated heterocycles. The zero-order chi connectivity index (χ0) is 14.0. The van der Waals surface area contributed by atoms with Crippen LogP contribution in [0.5, 0.6) is 0 Å². The Morgan fingerprint density at radius 1 is 1.21 bits per heavy atom. The molecule has 2 aromatic rings. The van der Waals surface area contributed by atoms with Crippen LogP contribution in [0.2, 0.25) is 10.0 Å². The minimum Gasteiger partial charge on any atom is -0.293 e. The summed E-state index contributed by atoms with van der Waals surface area (Å²) in [6.07, 6.45) is 0. The van der Waals surface area contributed by atoms with Gasteiger partial charge in [0.1, 0.15) is 9.96 Å². The van der Waals surface area contributed by atoms with E-state index in [9.17, 15) is 13.2 Å². The predicted octanol–water partition coefficient (Wildman–Crippen LogP) is 3.71. The summed E-state index contributed by atoms with van der Waals surface area (Å²) < 4.78 is 24.1. The van der Waals surface area contributed by atoms with E-state index in [4.69, 9.17) is 23.2 Å². The van der Waals surface area contributed by atoms with Gasteiger partial charge in [-0.2, -0.15) is 0 Å². The summed E-state index contributed by atoms with van der Waals surface area (Å²) in [4.78, 5) is 12.0. The average molecular weight is 335 g/mol. The van der Waals surface area contributed by atoms with Crippen molar-refractivity contribution in [3.63, 3.8) is 0 Å². The molecule has 0 atom stereocenters. The van der Waals surface area contributed by atoms with Crippen molar-refractivity contribution in [2.75, 3.05) is 5.75 Å². The van der Waals surface area contributed by atoms with Crippen LogP contribution < -0.4 is 0 Å². The number of rotatable bonds is 4. The average Bonchev–Trinajstić information content (AvgIpc) is 2.81. The Kier molecular flexibility index (Phi) is 4.30. The van der Waals surface area contributed by atoms with Gasteiger partial charge in [-0.1, -0.05) is 29.3 Å². The normalized spacial score (nSPS) is 11.5. The van der Waals surface area contributed by atoms with Crippen LogP contribution in [-0.2, 0) is 9.84 Å². The van der Waals surface area contributed by atoms with Gasteiger partial charge in [-0.3, -0.25) is 4.79 Å². The lowest BCUT2D eigenvalue weighted by atomic mass is 10.1. The number of Topliss-reactive ketones (excluding diaryl/α,β-unsaturated/α-hetero) is 1. The fraction of sp³-hybridized carbons (Fsp3) is 0.0833. The zero-order valence-corrected chi connectivity index (χ0v) is 12.6. The van der Waals surface area contributed by atoms with Crippen molar-refractivity contribution in [1.82, 2.24) is 0 Å². The highest BCUT2D eigenvalue weighted by Crippen LogP contribution is 2.23. The van der Waals surface area contributed by atoms with Crippen LogP contribution in [0.4, 0.5) is 0 Å². The highest BCUT2D eigenvalue weighted by Gasteiger charge is 2.22. The molecule has 3 nitrogen and oxygen atoms in total. The molecule has 1 aromatic carbocycles. The van der Waals surface area contributed by atoms with Crippen molar-refractivity contribution in [3.8, 4) is 0 Å². The Hall–Kier alpha value is -0.880. The van der Waals surface area contributed by atoms with Crippen LogP contribution in [0.15, 0.2) is 39.9 Å². The zero-order valence-electron chi connectivity index (χ0n) is 9.47. The molecule has 0 radical (unpaired) electrons. The minimum absolute atomic E-state index is 0.152. The van der Waals surface area contributed by atoms with E-state index in [-0.39, 0.29) is 14.8 Å². The van der Waals surface area contributed by atoms with E-state index in [1.165, 1.54) is 24.3 Å². The molecule has 0 amide bonds. The number of halogens is 2. The maximum Gasteiger partial charge on any atom is 0.195 e. The van der Waals surface area contributed by atoms with Gasteiger partial charge in [-0.05, 0) is 29.6 Å². The largest absolute Gasteiger partial charge is 0.293 e. The van der Waals surface area contributed by atoms with Crippen molar-refractivity contribution in [2.45, 2.75) is 4.21 Å². The molecule has 19 heavy (non-hydrogen) atoms. The highest BCUT2D eigenvalue weighted by molar-refractivity contribution is 7.94. The lowest BCUT2D eigenvalue weighted by Crippen LogP contribution is -2.16. The van der Waals surface area contributed by atoms with E-state index in [2.05, 4.69) is 0 Å². The van der Waals surface area contributed by atoms with E-state index in [0.29, 0.717) is 5.02 Å². The molecule has 1 heterocycles. The summed E-state index contributed by atoms with van der Waals surface area (Å²) in [5, 5.41) is 2.19. The Morgan fingerprint density at radius 2 is 1.95 bits per heavy atom. The smallest absolute Gasteiger partial charge is 0.195 e. The fourth-order valence-corrected chi connectivity index (χ4v) is 4.30.